The number of hydrogen-bond acceptors (Lipinski definition) is 2. The first-order valence-corrected chi connectivity index (χ1v) is 6.34. The van der Waals surface area contributed by atoms with Crippen molar-refractivity contribution in [3.63, 3.8) is 0 Å². The van der Waals surface area contributed by atoms with Crippen LogP contribution in [-0.2, 0) is 0 Å². The van der Waals surface area contributed by atoms with Crippen LogP contribution in [0.1, 0.15) is 40.0 Å². The highest BCUT2D eigenvalue weighted by atomic mass is 79.9. The van der Waals surface area contributed by atoms with Crippen LogP contribution < -0.4 is 5.32 Å². The third-order valence-electron chi connectivity index (χ3n) is 3.20. The second kappa shape index (κ2) is 5.50. The molecule has 0 radical (unpaired) electrons. The summed E-state index contributed by atoms with van der Waals surface area (Å²) in [5.74, 6) is 0. The maximum Gasteiger partial charge on any atom is 0.0590 e. The molecule has 0 aliphatic rings. The Kier molecular flexibility index (Phi) is 4.58. The van der Waals surface area contributed by atoms with Crippen LogP contribution in [0.5, 0.6) is 0 Å². The molecule has 0 spiro atoms. The van der Waals surface area contributed by atoms with Gasteiger partial charge in [0.1, 0.15) is 0 Å². The van der Waals surface area contributed by atoms with Gasteiger partial charge in [-0.1, -0.05) is 20.8 Å². The molecule has 1 rings (SSSR count). The van der Waals surface area contributed by atoms with Crippen molar-refractivity contribution in [1.29, 1.82) is 0 Å². The summed E-state index contributed by atoms with van der Waals surface area (Å²) < 4.78 is 1.03. The highest BCUT2D eigenvalue weighted by molar-refractivity contribution is 9.10. The number of hydrogen-bond donors (Lipinski definition) is 1. The monoisotopic (exact) mass is 270 g/mol. The van der Waals surface area contributed by atoms with Crippen molar-refractivity contribution in [3.05, 3.63) is 22.9 Å². The summed E-state index contributed by atoms with van der Waals surface area (Å²) in [5.41, 5.74) is 1.35. The first-order valence-electron chi connectivity index (χ1n) is 5.55. The lowest BCUT2D eigenvalue weighted by molar-refractivity contribution is 0.420. The minimum absolute atomic E-state index is 0.212. The summed E-state index contributed by atoms with van der Waals surface area (Å²) in [7, 11) is 0. The van der Waals surface area contributed by atoms with Crippen molar-refractivity contribution in [1.82, 2.24) is 4.98 Å². The van der Waals surface area contributed by atoms with E-state index in [1.54, 1.807) is 0 Å². The zero-order valence-corrected chi connectivity index (χ0v) is 11.3. The third-order valence-corrected chi connectivity index (χ3v) is 3.83. The second-order valence-corrected chi connectivity index (χ2v) is 4.68. The molecule has 0 fully saturated rings. The topological polar surface area (TPSA) is 24.9 Å². The minimum atomic E-state index is 0.212. The molecule has 1 N–H and O–H groups in total. The van der Waals surface area contributed by atoms with E-state index in [1.165, 1.54) is 0 Å². The summed E-state index contributed by atoms with van der Waals surface area (Å²) >= 11 is 3.51. The van der Waals surface area contributed by atoms with Gasteiger partial charge in [0, 0.05) is 17.9 Å². The SMILES string of the molecule is CCC(CC)(CC)Nc1ccncc1Br. The van der Waals surface area contributed by atoms with E-state index in [9.17, 15) is 0 Å². The maximum absolute atomic E-state index is 4.07. The quantitative estimate of drug-likeness (QED) is 0.867. The number of halogens is 1. The van der Waals surface area contributed by atoms with Crippen molar-refractivity contribution in [2.24, 2.45) is 0 Å². The van der Waals surface area contributed by atoms with E-state index in [-0.39, 0.29) is 5.54 Å². The number of anilines is 1. The summed E-state index contributed by atoms with van der Waals surface area (Å²) in [5, 5.41) is 3.62. The molecule has 0 amide bonds. The molecule has 2 nitrogen and oxygen atoms in total. The Hall–Kier alpha value is -0.570. The molecule has 1 aromatic heterocycles. The summed E-state index contributed by atoms with van der Waals surface area (Å²) in [4.78, 5) is 4.07. The van der Waals surface area contributed by atoms with Crippen molar-refractivity contribution in [3.8, 4) is 0 Å². The fourth-order valence-electron chi connectivity index (χ4n) is 1.78. The average molecular weight is 271 g/mol. The van der Waals surface area contributed by atoms with Gasteiger partial charge in [-0.2, -0.15) is 0 Å². The predicted molar refractivity (Wildman–Crippen MR) is 69.2 cm³/mol. The number of aromatic nitrogens is 1. The molecule has 0 unspecified atom stereocenters. The molecule has 0 aliphatic carbocycles. The Morgan fingerprint density at radius 2 is 1.87 bits per heavy atom. The lowest BCUT2D eigenvalue weighted by Crippen LogP contribution is -2.36. The van der Waals surface area contributed by atoms with Crippen LogP contribution in [0.4, 0.5) is 5.69 Å². The van der Waals surface area contributed by atoms with Crippen LogP contribution in [-0.4, -0.2) is 10.5 Å². The first kappa shape index (κ1) is 12.5. The van der Waals surface area contributed by atoms with Gasteiger partial charge in [0.05, 0.1) is 10.2 Å². The molecule has 0 saturated carbocycles. The molecule has 15 heavy (non-hydrogen) atoms. The molecule has 0 aliphatic heterocycles. The summed E-state index contributed by atoms with van der Waals surface area (Å²) in [6.45, 7) is 6.69. The van der Waals surface area contributed by atoms with Crippen LogP contribution in [0.3, 0.4) is 0 Å². The van der Waals surface area contributed by atoms with E-state index in [0.717, 1.165) is 29.4 Å². The van der Waals surface area contributed by atoms with Gasteiger partial charge in [-0.15, -0.1) is 0 Å². The Morgan fingerprint density at radius 3 is 2.33 bits per heavy atom. The van der Waals surface area contributed by atoms with Crippen molar-refractivity contribution >= 4 is 21.6 Å². The van der Waals surface area contributed by atoms with E-state index < -0.39 is 0 Å². The minimum Gasteiger partial charge on any atom is -0.379 e. The second-order valence-electron chi connectivity index (χ2n) is 3.82. The molecule has 0 atom stereocenters. The van der Waals surface area contributed by atoms with Crippen LogP contribution >= 0.6 is 15.9 Å². The van der Waals surface area contributed by atoms with Crippen LogP contribution in [0.2, 0.25) is 0 Å². The molecule has 1 heterocycles. The average Bonchev–Trinajstić information content (AvgIpc) is 2.29. The van der Waals surface area contributed by atoms with Gasteiger partial charge in [-0.3, -0.25) is 4.98 Å². The fraction of sp³-hybridized carbons (Fsp3) is 0.583. The Balaban J connectivity index is 2.88. The highest BCUT2D eigenvalue weighted by Crippen LogP contribution is 2.29. The van der Waals surface area contributed by atoms with Crippen LogP contribution in [0.15, 0.2) is 22.9 Å². The molecule has 1 aromatic rings. The van der Waals surface area contributed by atoms with Gasteiger partial charge < -0.3 is 5.32 Å². The smallest absolute Gasteiger partial charge is 0.0590 e. The zero-order valence-electron chi connectivity index (χ0n) is 9.68. The Morgan fingerprint density at radius 1 is 1.27 bits per heavy atom. The Labute approximate surface area is 101 Å². The van der Waals surface area contributed by atoms with E-state index in [1.807, 2.05) is 18.5 Å². The van der Waals surface area contributed by atoms with Crippen molar-refractivity contribution < 1.29 is 0 Å². The van der Waals surface area contributed by atoms with Crippen molar-refractivity contribution in [2.75, 3.05) is 5.32 Å². The van der Waals surface area contributed by atoms with Gasteiger partial charge >= 0.3 is 0 Å². The standard InChI is InChI=1S/C12H19BrN2/c1-4-12(5-2,6-3)15-11-7-8-14-9-10(11)13/h7-9H,4-6H2,1-3H3,(H,14,15). The van der Waals surface area contributed by atoms with Gasteiger partial charge in [0.15, 0.2) is 0 Å². The number of nitrogens with zero attached hydrogens (tertiary/aromatic N) is 1. The van der Waals surface area contributed by atoms with Crippen LogP contribution in [0.25, 0.3) is 0 Å². The fourth-order valence-corrected chi connectivity index (χ4v) is 2.13. The zero-order chi connectivity index (χ0) is 11.3. The molecular weight excluding hydrogens is 252 g/mol. The van der Waals surface area contributed by atoms with E-state index in [4.69, 9.17) is 0 Å². The normalized spacial score (nSPS) is 11.5. The number of pyridine rings is 1. The summed E-state index contributed by atoms with van der Waals surface area (Å²) in [6.07, 6.45) is 7.05. The van der Waals surface area contributed by atoms with Gasteiger partial charge in [-0.25, -0.2) is 0 Å². The number of nitrogens with one attached hydrogen (secondary N) is 1. The number of rotatable bonds is 5. The predicted octanol–water partition coefficient (Wildman–Crippen LogP) is 4.22. The largest absolute Gasteiger partial charge is 0.379 e. The lowest BCUT2D eigenvalue weighted by Gasteiger charge is -2.33. The molecular formula is C12H19BrN2. The first-order chi connectivity index (χ1) is 7.17. The molecule has 0 saturated heterocycles. The summed E-state index contributed by atoms with van der Waals surface area (Å²) in [6, 6.07) is 2.01. The van der Waals surface area contributed by atoms with E-state index >= 15 is 0 Å². The molecule has 84 valence electrons. The molecule has 3 heteroatoms. The van der Waals surface area contributed by atoms with E-state index in [2.05, 4.69) is 47.0 Å². The maximum atomic E-state index is 4.07. The molecule has 0 aromatic carbocycles. The van der Waals surface area contributed by atoms with Crippen molar-refractivity contribution in [2.45, 2.75) is 45.6 Å². The lowest BCUT2D eigenvalue weighted by atomic mass is 9.89. The van der Waals surface area contributed by atoms with Crippen LogP contribution in [0, 0.1) is 0 Å². The Bertz CT molecular complexity index is 300. The highest BCUT2D eigenvalue weighted by Gasteiger charge is 2.23. The third kappa shape index (κ3) is 2.94. The van der Waals surface area contributed by atoms with E-state index in [0.29, 0.717) is 0 Å². The molecule has 0 bridgehead atoms. The van der Waals surface area contributed by atoms with Gasteiger partial charge in [-0.05, 0) is 41.3 Å². The van der Waals surface area contributed by atoms with Gasteiger partial charge in [0.2, 0.25) is 0 Å². The van der Waals surface area contributed by atoms with Gasteiger partial charge in [0.25, 0.3) is 0 Å².